The Hall–Kier alpha value is 0.0200. The standard InChI is InChI=1S/C9H20O5S2/c1-2-3-4-5-6-7-8-9-14-16(12,13)15(10)11/h2-9H2,1H3,(H,10,11). The van der Waals surface area contributed by atoms with E-state index in [1.165, 1.54) is 19.3 Å². The van der Waals surface area contributed by atoms with Crippen LogP contribution in [0.3, 0.4) is 0 Å². The Morgan fingerprint density at radius 3 is 2.06 bits per heavy atom. The monoisotopic (exact) mass is 272 g/mol. The molecular weight excluding hydrogens is 252 g/mol. The van der Waals surface area contributed by atoms with E-state index in [0.29, 0.717) is 6.42 Å². The molecule has 0 aromatic rings. The Kier molecular flexibility index (Phi) is 9.10. The van der Waals surface area contributed by atoms with Gasteiger partial charge in [0.25, 0.3) is 0 Å². The van der Waals surface area contributed by atoms with Gasteiger partial charge in [-0.15, -0.1) is 0 Å². The topological polar surface area (TPSA) is 80.7 Å². The number of unbranched alkanes of at least 4 members (excludes halogenated alkanes) is 6. The molecule has 0 rings (SSSR count). The van der Waals surface area contributed by atoms with Crippen molar-refractivity contribution in [1.82, 2.24) is 0 Å². The van der Waals surface area contributed by atoms with Gasteiger partial charge in [-0.05, 0) is 6.42 Å². The molecule has 0 saturated carbocycles. The van der Waals surface area contributed by atoms with Gasteiger partial charge in [0.2, 0.25) is 0 Å². The summed E-state index contributed by atoms with van der Waals surface area (Å²) in [5.74, 6) is 0. The molecule has 1 N–H and O–H groups in total. The van der Waals surface area contributed by atoms with Crippen molar-refractivity contribution in [2.45, 2.75) is 51.9 Å². The van der Waals surface area contributed by atoms with Crippen molar-refractivity contribution in [2.24, 2.45) is 0 Å². The second-order valence-corrected chi connectivity index (χ2v) is 7.14. The van der Waals surface area contributed by atoms with Crippen LogP contribution in [0.25, 0.3) is 0 Å². The smallest absolute Gasteiger partial charge is 0.292 e. The highest BCUT2D eigenvalue weighted by atomic mass is 33.2. The molecule has 0 aliphatic heterocycles. The van der Waals surface area contributed by atoms with Crippen LogP contribution in [0.2, 0.25) is 0 Å². The molecule has 5 nitrogen and oxygen atoms in total. The van der Waals surface area contributed by atoms with Crippen LogP contribution < -0.4 is 0 Å². The quantitative estimate of drug-likeness (QED) is 0.374. The summed E-state index contributed by atoms with van der Waals surface area (Å²) in [4.78, 5) is 0. The molecule has 0 aromatic carbocycles. The van der Waals surface area contributed by atoms with Gasteiger partial charge in [-0.2, -0.15) is 8.42 Å². The molecule has 0 bridgehead atoms. The van der Waals surface area contributed by atoms with E-state index in [4.69, 9.17) is 4.55 Å². The zero-order valence-corrected chi connectivity index (χ0v) is 11.2. The molecule has 0 heterocycles. The van der Waals surface area contributed by atoms with E-state index < -0.39 is 19.3 Å². The van der Waals surface area contributed by atoms with Crippen LogP contribution >= 0.6 is 0 Å². The molecule has 0 amide bonds. The first-order valence-corrected chi connectivity index (χ1v) is 8.54. The van der Waals surface area contributed by atoms with Crippen LogP contribution in [0.5, 0.6) is 0 Å². The first-order valence-electron chi connectivity index (χ1n) is 5.51. The van der Waals surface area contributed by atoms with Gasteiger partial charge in [0.15, 0.2) is 0 Å². The third-order valence-corrected chi connectivity index (χ3v) is 4.29. The summed E-state index contributed by atoms with van der Waals surface area (Å²) >= 11 is 0. The minimum atomic E-state index is -4.27. The van der Waals surface area contributed by atoms with Crippen molar-refractivity contribution < 1.29 is 21.4 Å². The van der Waals surface area contributed by atoms with Crippen LogP contribution in [0.4, 0.5) is 0 Å². The molecule has 0 fully saturated rings. The Bertz CT molecular complexity index is 286. The third-order valence-electron chi connectivity index (χ3n) is 2.15. The highest BCUT2D eigenvalue weighted by molar-refractivity contribution is 8.59. The molecule has 0 saturated heterocycles. The van der Waals surface area contributed by atoms with Crippen LogP contribution in [-0.4, -0.2) is 23.8 Å². The van der Waals surface area contributed by atoms with Crippen LogP contribution in [0.15, 0.2) is 0 Å². The van der Waals surface area contributed by atoms with E-state index in [9.17, 15) is 12.6 Å². The van der Waals surface area contributed by atoms with E-state index in [1.807, 2.05) is 0 Å². The van der Waals surface area contributed by atoms with Crippen LogP contribution in [0, 0.1) is 0 Å². The van der Waals surface area contributed by atoms with Crippen molar-refractivity contribution >= 4 is 19.3 Å². The Morgan fingerprint density at radius 2 is 1.56 bits per heavy atom. The lowest BCUT2D eigenvalue weighted by atomic mass is 10.1. The van der Waals surface area contributed by atoms with E-state index in [2.05, 4.69) is 11.1 Å². The first-order chi connectivity index (χ1) is 7.50. The SMILES string of the molecule is CCCCCCCCCOS(=O)(=O)S(=O)O. The summed E-state index contributed by atoms with van der Waals surface area (Å²) in [5.41, 5.74) is 0. The average molecular weight is 272 g/mol. The molecule has 1 atom stereocenters. The fraction of sp³-hybridized carbons (Fsp3) is 1.00. The number of hydrogen-bond donors (Lipinski definition) is 1. The number of rotatable bonds is 10. The summed E-state index contributed by atoms with van der Waals surface area (Å²) in [5, 5.41) is 0. The summed E-state index contributed by atoms with van der Waals surface area (Å²) in [6.45, 7) is 2.14. The van der Waals surface area contributed by atoms with Gasteiger partial charge in [0.05, 0.1) is 6.61 Å². The van der Waals surface area contributed by atoms with Gasteiger partial charge < -0.3 is 0 Å². The molecule has 0 radical (unpaired) electrons. The maximum atomic E-state index is 10.7. The van der Waals surface area contributed by atoms with Gasteiger partial charge in [-0.3, -0.25) is 8.74 Å². The minimum Gasteiger partial charge on any atom is -0.292 e. The zero-order chi connectivity index (χ0) is 12.4. The van der Waals surface area contributed by atoms with Gasteiger partial charge >= 0.3 is 19.3 Å². The van der Waals surface area contributed by atoms with Gasteiger partial charge in [-0.25, -0.2) is 4.21 Å². The highest BCUT2D eigenvalue weighted by Gasteiger charge is 2.18. The van der Waals surface area contributed by atoms with E-state index in [-0.39, 0.29) is 6.61 Å². The van der Waals surface area contributed by atoms with Crippen molar-refractivity contribution in [3.05, 3.63) is 0 Å². The molecule has 7 heteroatoms. The lowest BCUT2D eigenvalue weighted by Gasteiger charge is -2.02. The van der Waals surface area contributed by atoms with Crippen molar-refractivity contribution in [3.8, 4) is 0 Å². The fourth-order valence-corrected chi connectivity index (χ4v) is 2.12. The summed E-state index contributed by atoms with van der Waals surface area (Å²) < 4.78 is 44.4. The molecule has 1 unspecified atom stereocenters. The lowest BCUT2D eigenvalue weighted by Crippen LogP contribution is -2.12. The Balaban J connectivity index is 3.38. The largest absolute Gasteiger partial charge is 0.375 e. The summed E-state index contributed by atoms with van der Waals surface area (Å²) in [6, 6.07) is 0. The molecule has 0 aromatic heterocycles. The lowest BCUT2D eigenvalue weighted by molar-refractivity contribution is 0.313. The maximum absolute atomic E-state index is 10.7. The average Bonchev–Trinajstić information content (AvgIpc) is 2.21. The van der Waals surface area contributed by atoms with Gasteiger partial charge in [0, 0.05) is 0 Å². The number of hydrogen-bond acceptors (Lipinski definition) is 4. The molecule has 0 aliphatic rings. The Labute approximate surface area is 99.4 Å². The molecule has 98 valence electrons. The predicted molar refractivity (Wildman–Crippen MR) is 63.6 cm³/mol. The third kappa shape index (κ3) is 8.20. The molecule has 0 aliphatic carbocycles. The molecular formula is C9H20O5S2. The van der Waals surface area contributed by atoms with Crippen molar-refractivity contribution in [3.63, 3.8) is 0 Å². The molecule has 16 heavy (non-hydrogen) atoms. The van der Waals surface area contributed by atoms with Crippen molar-refractivity contribution in [2.75, 3.05) is 6.61 Å². The Morgan fingerprint density at radius 1 is 1.06 bits per heavy atom. The second-order valence-electron chi connectivity index (χ2n) is 3.57. The molecule has 0 spiro atoms. The normalized spacial score (nSPS) is 13.9. The van der Waals surface area contributed by atoms with Crippen LogP contribution in [-0.2, 0) is 23.4 Å². The maximum Gasteiger partial charge on any atom is 0.375 e. The van der Waals surface area contributed by atoms with E-state index in [0.717, 1.165) is 19.3 Å². The zero-order valence-electron chi connectivity index (χ0n) is 9.55. The van der Waals surface area contributed by atoms with Gasteiger partial charge in [0.1, 0.15) is 0 Å². The van der Waals surface area contributed by atoms with E-state index in [1.54, 1.807) is 0 Å². The van der Waals surface area contributed by atoms with Crippen LogP contribution in [0.1, 0.15) is 51.9 Å². The predicted octanol–water partition coefficient (Wildman–Crippen LogP) is 2.22. The highest BCUT2D eigenvalue weighted by Crippen LogP contribution is 2.08. The fourth-order valence-electron chi connectivity index (χ4n) is 1.26. The summed E-state index contributed by atoms with van der Waals surface area (Å²) in [6.07, 6.45) is 7.31. The summed E-state index contributed by atoms with van der Waals surface area (Å²) in [7, 11) is -7.21. The first kappa shape index (κ1) is 16.0. The van der Waals surface area contributed by atoms with Crippen molar-refractivity contribution in [1.29, 1.82) is 0 Å². The minimum absolute atomic E-state index is 0.0115. The second kappa shape index (κ2) is 9.09. The van der Waals surface area contributed by atoms with Gasteiger partial charge in [-0.1, -0.05) is 45.4 Å². The van der Waals surface area contributed by atoms with E-state index >= 15 is 0 Å².